The molecule has 4 rings (SSSR count). The van der Waals surface area contributed by atoms with Crippen LogP contribution in [0.1, 0.15) is 37.0 Å². The van der Waals surface area contributed by atoms with Crippen molar-refractivity contribution in [2.45, 2.75) is 52.2 Å². The lowest BCUT2D eigenvalue weighted by Gasteiger charge is -2.32. The number of carbonyl (C=O) groups excluding carboxylic acids is 2. The largest absolute Gasteiger partial charge is 0.483 e. The summed E-state index contributed by atoms with van der Waals surface area (Å²) < 4.78 is 6.08. The first kappa shape index (κ1) is 26.9. The van der Waals surface area contributed by atoms with Gasteiger partial charge >= 0.3 is 0 Å². The Hall–Kier alpha value is -4.12. The molecule has 196 valence electrons. The van der Waals surface area contributed by atoms with E-state index in [0.717, 1.165) is 33.9 Å². The molecule has 0 spiro atoms. The SMILES string of the molecule is CCC(C)NC(=O)C(Cc1ccccc1)N(Cc1cccc(C)c1)C(=O)COc1cccc2ccccc12. The van der Waals surface area contributed by atoms with E-state index in [9.17, 15) is 9.59 Å². The van der Waals surface area contributed by atoms with Crippen LogP contribution in [-0.4, -0.2) is 35.4 Å². The molecule has 4 aromatic rings. The monoisotopic (exact) mass is 508 g/mol. The lowest BCUT2D eigenvalue weighted by molar-refractivity contribution is -0.143. The van der Waals surface area contributed by atoms with Crippen LogP contribution in [0.5, 0.6) is 5.75 Å². The fraction of sp³-hybridized carbons (Fsp3) is 0.273. The number of amides is 2. The molecule has 0 saturated carbocycles. The minimum absolute atomic E-state index is 0.00336. The Bertz CT molecular complexity index is 1360. The van der Waals surface area contributed by atoms with Crippen molar-refractivity contribution in [1.29, 1.82) is 0 Å². The van der Waals surface area contributed by atoms with Gasteiger partial charge in [-0.2, -0.15) is 0 Å². The lowest BCUT2D eigenvalue weighted by atomic mass is 10.0. The van der Waals surface area contributed by atoms with Crippen LogP contribution in [0.3, 0.4) is 0 Å². The van der Waals surface area contributed by atoms with Crippen LogP contribution in [0.4, 0.5) is 0 Å². The van der Waals surface area contributed by atoms with Gasteiger partial charge in [0, 0.05) is 24.4 Å². The van der Waals surface area contributed by atoms with E-state index in [0.29, 0.717) is 18.7 Å². The second-order valence-corrected chi connectivity index (χ2v) is 9.80. The van der Waals surface area contributed by atoms with E-state index < -0.39 is 6.04 Å². The predicted molar refractivity (Wildman–Crippen MR) is 153 cm³/mol. The molecule has 1 N–H and O–H groups in total. The fourth-order valence-corrected chi connectivity index (χ4v) is 4.55. The van der Waals surface area contributed by atoms with Gasteiger partial charge in [-0.25, -0.2) is 0 Å². The molecule has 0 bridgehead atoms. The topological polar surface area (TPSA) is 58.6 Å². The maximum Gasteiger partial charge on any atom is 0.261 e. The first-order valence-electron chi connectivity index (χ1n) is 13.2. The van der Waals surface area contributed by atoms with Crippen LogP contribution in [0.15, 0.2) is 97.1 Å². The molecule has 5 nitrogen and oxygen atoms in total. The van der Waals surface area contributed by atoms with E-state index >= 15 is 0 Å². The molecule has 2 amide bonds. The zero-order valence-electron chi connectivity index (χ0n) is 22.4. The molecule has 0 heterocycles. The van der Waals surface area contributed by atoms with E-state index in [-0.39, 0.29) is 24.5 Å². The summed E-state index contributed by atoms with van der Waals surface area (Å²) in [7, 11) is 0. The third kappa shape index (κ3) is 7.00. The third-order valence-corrected chi connectivity index (χ3v) is 6.81. The summed E-state index contributed by atoms with van der Waals surface area (Å²) >= 11 is 0. The molecule has 2 atom stereocenters. The van der Waals surface area contributed by atoms with Crippen molar-refractivity contribution < 1.29 is 14.3 Å². The van der Waals surface area contributed by atoms with Crippen LogP contribution in [0, 0.1) is 6.92 Å². The minimum Gasteiger partial charge on any atom is -0.483 e. The van der Waals surface area contributed by atoms with Gasteiger partial charge < -0.3 is 15.0 Å². The summed E-state index contributed by atoms with van der Waals surface area (Å²) in [6.45, 7) is 6.18. The Balaban J connectivity index is 1.65. The maximum absolute atomic E-state index is 13.9. The number of ether oxygens (including phenoxy) is 1. The van der Waals surface area contributed by atoms with Crippen molar-refractivity contribution in [3.8, 4) is 5.75 Å². The van der Waals surface area contributed by atoms with E-state index in [1.807, 2.05) is 112 Å². The highest BCUT2D eigenvalue weighted by Crippen LogP contribution is 2.25. The molecule has 0 aliphatic rings. The molecule has 2 unspecified atom stereocenters. The Labute approximate surface area is 225 Å². The average molecular weight is 509 g/mol. The van der Waals surface area contributed by atoms with E-state index in [4.69, 9.17) is 4.74 Å². The van der Waals surface area contributed by atoms with E-state index in [1.165, 1.54) is 0 Å². The summed E-state index contributed by atoms with van der Waals surface area (Å²) in [6, 6.07) is 30.9. The summed E-state index contributed by atoms with van der Waals surface area (Å²) in [4.78, 5) is 29.1. The quantitative estimate of drug-likeness (QED) is 0.267. The van der Waals surface area contributed by atoms with Crippen LogP contribution in [0.2, 0.25) is 0 Å². The molecular weight excluding hydrogens is 472 g/mol. The molecular formula is C33H36N2O3. The van der Waals surface area contributed by atoms with Gasteiger partial charge in [-0.3, -0.25) is 9.59 Å². The average Bonchev–Trinajstić information content (AvgIpc) is 2.94. The fourth-order valence-electron chi connectivity index (χ4n) is 4.55. The number of carbonyl (C=O) groups is 2. The zero-order chi connectivity index (χ0) is 26.9. The second kappa shape index (κ2) is 12.9. The highest BCUT2D eigenvalue weighted by Gasteiger charge is 2.31. The van der Waals surface area contributed by atoms with Gasteiger partial charge in [0.15, 0.2) is 6.61 Å². The Kier molecular flexibility index (Phi) is 9.15. The van der Waals surface area contributed by atoms with Gasteiger partial charge in [-0.05, 0) is 42.8 Å². The highest BCUT2D eigenvalue weighted by atomic mass is 16.5. The molecule has 0 fully saturated rings. The summed E-state index contributed by atoms with van der Waals surface area (Å²) in [5.41, 5.74) is 3.07. The summed E-state index contributed by atoms with van der Waals surface area (Å²) in [5, 5.41) is 5.10. The van der Waals surface area contributed by atoms with Crippen LogP contribution in [0.25, 0.3) is 10.8 Å². The van der Waals surface area contributed by atoms with Crippen molar-refractivity contribution in [1.82, 2.24) is 10.2 Å². The third-order valence-electron chi connectivity index (χ3n) is 6.81. The number of fused-ring (bicyclic) bond motifs is 1. The van der Waals surface area contributed by atoms with Gasteiger partial charge in [0.2, 0.25) is 5.91 Å². The predicted octanol–water partition coefficient (Wildman–Crippen LogP) is 6.08. The van der Waals surface area contributed by atoms with E-state index in [2.05, 4.69) is 11.4 Å². The van der Waals surface area contributed by atoms with Gasteiger partial charge in [-0.1, -0.05) is 103 Å². The van der Waals surface area contributed by atoms with Crippen molar-refractivity contribution in [3.63, 3.8) is 0 Å². The van der Waals surface area contributed by atoms with E-state index in [1.54, 1.807) is 4.90 Å². The lowest BCUT2D eigenvalue weighted by Crippen LogP contribution is -2.53. The minimum atomic E-state index is -0.685. The molecule has 5 heteroatoms. The molecule has 0 aliphatic carbocycles. The molecule has 0 radical (unpaired) electrons. The number of nitrogens with zero attached hydrogens (tertiary/aromatic N) is 1. The maximum atomic E-state index is 13.9. The smallest absolute Gasteiger partial charge is 0.261 e. The van der Waals surface area contributed by atoms with Gasteiger partial charge in [-0.15, -0.1) is 0 Å². The van der Waals surface area contributed by atoms with Gasteiger partial charge in [0.1, 0.15) is 11.8 Å². The summed E-state index contributed by atoms with van der Waals surface area (Å²) in [5.74, 6) is 0.254. The summed E-state index contributed by atoms with van der Waals surface area (Å²) in [6.07, 6.45) is 1.22. The number of hydrogen-bond acceptors (Lipinski definition) is 3. The van der Waals surface area contributed by atoms with Crippen molar-refractivity contribution in [3.05, 3.63) is 114 Å². The van der Waals surface area contributed by atoms with Crippen molar-refractivity contribution in [2.24, 2.45) is 0 Å². The number of nitrogens with one attached hydrogen (secondary N) is 1. The standard InChI is InChI=1S/C33H36N2O3/c1-4-25(3)34-33(37)30(21-26-13-6-5-7-14-26)35(22-27-15-10-12-24(2)20-27)32(36)23-38-31-19-11-17-28-16-8-9-18-29(28)31/h5-20,25,30H,4,21-23H2,1-3H3,(H,34,37). The zero-order valence-corrected chi connectivity index (χ0v) is 22.4. The van der Waals surface area contributed by atoms with Crippen LogP contribution < -0.4 is 10.1 Å². The first-order chi connectivity index (χ1) is 18.4. The molecule has 0 aromatic heterocycles. The molecule has 38 heavy (non-hydrogen) atoms. The Morgan fingerprint density at radius 1 is 0.868 bits per heavy atom. The second-order valence-electron chi connectivity index (χ2n) is 9.80. The number of aryl methyl sites for hydroxylation is 1. The number of rotatable bonds is 11. The van der Waals surface area contributed by atoms with Crippen LogP contribution >= 0.6 is 0 Å². The first-order valence-corrected chi connectivity index (χ1v) is 13.2. The van der Waals surface area contributed by atoms with Gasteiger partial charge in [0.05, 0.1) is 0 Å². The van der Waals surface area contributed by atoms with Crippen LogP contribution in [-0.2, 0) is 22.6 Å². The molecule has 4 aromatic carbocycles. The Morgan fingerprint density at radius 2 is 1.55 bits per heavy atom. The normalized spacial score (nSPS) is 12.5. The Morgan fingerprint density at radius 3 is 2.32 bits per heavy atom. The molecule has 0 saturated heterocycles. The van der Waals surface area contributed by atoms with Crippen molar-refractivity contribution >= 4 is 22.6 Å². The molecule has 0 aliphatic heterocycles. The van der Waals surface area contributed by atoms with Crippen molar-refractivity contribution in [2.75, 3.05) is 6.61 Å². The number of hydrogen-bond donors (Lipinski definition) is 1. The highest BCUT2D eigenvalue weighted by molar-refractivity contribution is 5.90. The van der Waals surface area contributed by atoms with Gasteiger partial charge in [0.25, 0.3) is 5.91 Å². The number of benzene rings is 4.